The first-order valence-electron chi connectivity index (χ1n) is 5.01. The summed E-state index contributed by atoms with van der Waals surface area (Å²) >= 11 is 3.03. The van der Waals surface area contributed by atoms with Gasteiger partial charge >= 0.3 is 6.18 Å². The van der Waals surface area contributed by atoms with Crippen molar-refractivity contribution < 1.29 is 13.2 Å². The molecule has 0 radical (unpaired) electrons. The fourth-order valence-corrected chi connectivity index (χ4v) is 1.64. The Kier molecular flexibility index (Phi) is 4.09. The van der Waals surface area contributed by atoms with Crippen molar-refractivity contribution in [2.45, 2.75) is 25.6 Å². The maximum atomic E-state index is 12.8. The van der Waals surface area contributed by atoms with Gasteiger partial charge < -0.3 is 11.1 Å². The van der Waals surface area contributed by atoms with Gasteiger partial charge in [-0.1, -0.05) is 15.9 Å². The molecule has 0 bridgehead atoms. The molecule has 1 aromatic carbocycles. The molecular weight excluding hydrogens is 297 g/mol. The maximum Gasteiger partial charge on any atom is 0.418 e. The molecule has 0 saturated carbocycles. The Morgan fingerprint density at radius 3 is 2.35 bits per heavy atom. The van der Waals surface area contributed by atoms with Crippen LogP contribution in [0.5, 0.6) is 0 Å². The van der Waals surface area contributed by atoms with E-state index in [0.29, 0.717) is 4.47 Å². The van der Waals surface area contributed by atoms with E-state index in [1.807, 2.05) is 0 Å². The Morgan fingerprint density at radius 2 is 1.88 bits per heavy atom. The molecule has 0 aliphatic heterocycles. The third-order valence-electron chi connectivity index (χ3n) is 2.27. The number of anilines is 1. The second-order valence-corrected chi connectivity index (χ2v) is 5.32. The summed E-state index contributed by atoms with van der Waals surface area (Å²) in [6, 6.07) is 4.00. The highest BCUT2D eigenvalue weighted by Gasteiger charge is 2.34. The van der Waals surface area contributed by atoms with Crippen LogP contribution in [0.4, 0.5) is 18.9 Å². The Morgan fingerprint density at radius 1 is 1.29 bits per heavy atom. The first-order valence-corrected chi connectivity index (χ1v) is 5.80. The smallest absolute Gasteiger partial charge is 0.378 e. The molecule has 0 amide bonds. The minimum absolute atomic E-state index is 0.0381. The highest BCUT2D eigenvalue weighted by Crippen LogP contribution is 2.37. The first kappa shape index (κ1) is 14.3. The zero-order chi connectivity index (χ0) is 13.3. The van der Waals surface area contributed by atoms with Gasteiger partial charge in [-0.2, -0.15) is 13.2 Å². The van der Waals surface area contributed by atoms with E-state index in [1.54, 1.807) is 19.9 Å². The Bertz CT molecular complexity index is 402. The minimum Gasteiger partial charge on any atom is -0.378 e. The molecule has 96 valence electrons. The van der Waals surface area contributed by atoms with Crippen LogP contribution >= 0.6 is 15.9 Å². The van der Waals surface area contributed by atoms with Gasteiger partial charge in [0.05, 0.1) is 5.56 Å². The molecule has 17 heavy (non-hydrogen) atoms. The lowest BCUT2D eigenvalue weighted by molar-refractivity contribution is -0.137. The highest BCUT2D eigenvalue weighted by molar-refractivity contribution is 9.10. The summed E-state index contributed by atoms with van der Waals surface area (Å²) in [7, 11) is 0. The summed E-state index contributed by atoms with van der Waals surface area (Å²) in [5.41, 5.74) is 4.24. The highest BCUT2D eigenvalue weighted by atomic mass is 79.9. The number of halogens is 4. The van der Waals surface area contributed by atoms with E-state index in [4.69, 9.17) is 5.73 Å². The lowest BCUT2D eigenvalue weighted by Gasteiger charge is -2.27. The fourth-order valence-electron chi connectivity index (χ4n) is 1.28. The van der Waals surface area contributed by atoms with Crippen LogP contribution in [0, 0.1) is 0 Å². The molecule has 0 saturated heterocycles. The van der Waals surface area contributed by atoms with Crippen molar-refractivity contribution in [1.82, 2.24) is 0 Å². The predicted molar refractivity (Wildman–Crippen MR) is 65.9 cm³/mol. The van der Waals surface area contributed by atoms with Crippen LogP contribution < -0.4 is 11.1 Å². The van der Waals surface area contributed by atoms with Crippen LogP contribution in [0.25, 0.3) is 0 Å². The van der Waals surface area contributed by atoms with Crippen LogP contribution in [-0.4, -0.2) is 12.1 Å². The molecule has 0 aliphatic carbocycles. The molecule has 0 heterocycles. The van der Waals surface area contributed by atoms with Crippen LogP contribution in [0.2, 0.25) is 0 Å². The second-order valence-electron chi connectivity index (χ2n) is 4.40. The zero-order valence-electron chi connectivity index (χ0n) is 9.53. The molecule has 0 aliphatic rings. The molecule has 1 aromatic rings. The minimum atomic E-state index is -4.39. The molecule has 1 rings (SSSR count). The zero-order valence-corrected chi connectivity index (χ0v) is 11.1. The third-order valence-corrected chi connectivity index (χ3v) is 2.76. The van der Waals surface area contributed by atoms with Gasteiger partial charge in [-0.25, -0.2) is 0 Å². The molecular formula is C11H14BrF3N2. The maximum absolute atomic E-state index is 12.8. The van der Waals surface area contributed by atoms with Crippen molar-refractivity contribution in [3.63, 3.8) is 0 Å². The van der Waals surface area contributed by atoms with Crippen LogP contribution in [0.1, 0.15) is 19.4 Å². The second kappa shape index (κ2) is 4.86. The summed E-state index contributed by atoms with van der Waals surface area (Å²) in [5, 5.41) is 2.80. The number of alkyl halides is 3. The van der Waals surface area contributed by atoms with Gasteiger partial charge in [0, 0.05) is 22.2 Å². The van der Waals surface area contributed by atoms with Crippen molar-refractivity contribution in [2.75, 3.05) is 11.9 Å². The number of benzene rings is 1. The number of nitrogens with two attached hydrogens (primary N) is 1. The van der Waals surface area contributed by atoms with Gasteiger partial charge in [-0.15, -0.1) is 0 Å². The van der Waals surface area contributed by atoms with Gasteiger partial charge in [0.25, 0.3) is 0 Å². The van der Waals surface area contributed by atoms with E-state index in [9.17, 15) is 13.2 Å². The number of rotatable bonds is 3. The van der Waals surface area contributed by atoms with E-state index in [2.05, 4.69) is 21.2 Å². The Hall–Kier alpha value is -0.750. The number of nitrogens with one attached hydrogen (secondary N) is 1. The SMILES string of the molecule is CC(C)(CN)Nc1ccc(Br)cc1C(F)(F)F. The summed E-state index contributed by atoms with van der Waals surface area (Å²) < 4.78 is 38.8. The van der Waals surface area contributed by atoms with Crippen molar-refractivity contribution >= 4 is 21.6 Å². The average molecular weight is 311 g/mol. The van der Waals surface area contributed by atoms with Crippen LogP contribution in [-0.2, 0) is 6.18 Å². The molecule has 3 N–H and O–H groups in total. The first-order chi connectivity index (χ1) is 7.65. The summed E-state index contributed by atoms with van der Waals surface area (Å²) in [6.45, 7) is 3.73. The summed E-state index contributed by atoms with van der Waals surface area (Å²) in [6.07, 6.45) is -4.39. The fraction of sp³-hybridized carbons (Fsp3) is 0.455. The third kappa shape index (κ3) is 3.89. The van der Waals surface area contributed by atoms with E-state index in [-0.39, 0.29) is 12.2 Å². The lowest BCUT2D eigenvalue weighted by Crippen LogP contribution is -2.39. The predicted octanol–water partition coefficient (Wildman–Crippen LogP) is 3.62. The molecule has 0 aromatic heterocycles. The normalized spacial score (nSPS) is 12.6. The largest absolute Gasteiger partial charge is 0.418 e. The van der Waals surface area contributed by atoms with Gasteiger partial charge in [0.15, 0.2) is 0 Å². The van der Waals surface area contributed by atoms with Crippen LogP contribution in [0.15, 0.2) is 22.7 Å². The molecule has 6 heteroatoms. The van der Waals surface area contributed by atoms with E-state index in [0.717, 1.165) is 6.07 Å². The van der Waals surface area contributed by atoms with Gasteiger partial charge in [-0.05, 0) is 32.0 Å². The van der Waals surface area contributed by atoms with E-state index in [1.165, 1.54) is 6.07 Å². The van der Waals surface area contributed by atoms with E-state index >= 15 is 0 Å². The molecule has 2 nitrogen and oxygen atoms in total. The number of hydrogen-bond acceptors (Lipinski definition) is 2. The lowest BCUT2D eigenvalue weighted by atomic mass is 10.0. The standard InChI is InChI=1S/C11H14BrF3N2/c1-10(2,6-16)17-9-4-3-7(12)5-8(9)11(13,14)15/h3-5,17H,6,16H2,1-2H3. The van der Waals surface area contributed by atoms with Crippen molar-refractivity contribution in [1.29, 1.82) is 0 Å². The molecule has 0 fully saturated rings. The molecule has 0 atom stereocenters. The molecule has 0 unspecified atom stereocenters. The van der Waals surface area contributed by atoms with Gasteiger partial charge in [-0.3, -0.25) is 0 Å². The monoisotopic (exact) mass is 310 g/mol. The van der Waals surface area contributed by atoms with Gasteiger partial charge in [0.1, 0.15) is 0 Å². The van der Waals surface area contributed by atoms with Crippen molar-refractivity contribution in [2.24, 2.45) is 5.73 Å². The summed E-state index contributed by atoms with van der Waals surface area (Å²) in [4.78, 5) is 0. The Balaban J connectivity index is 3.16. The topological polar surface area (TPSA) is 38.0 Å². The van der Waals surface area contributed by atoms with Crippen LogP contribution in [0.3, 0.4) is 0 Å². The molecule has 0 spiro atoms. The summed E-state index contributed by atoms with van der Waals surface area (Å²) in [5.74, 6) is 0. The average Bonchev–Trinajstić information content (AvgIpc) is 2.19. The van der Waals surface area contributed by atoms with Gasteiger partial charge in [0.2, 0.25) is 0 Å². The van der Waals surface area contributed by atoms with Crippen molar-refractivity contribution in [3.05, 3.63) is 28.2 Å². The number of hydrogen-bond donors (Lipinski definition) is 2. The quantitative estimate of drug-likeness (QED) is 0.895. The van der Waals surface area contributed by atoms with Crippen molar-refractivity contribution in [3.8, 4) is 0 Å². The van der Waals surface area contributed by atoms with E-state index < -0.39 is 17.3 Å². The Labute approximate surface area is 107 Å².